The number of rotatable bonds is 9. The molecule has 1 aliphatic rings. The third-order valence-corrected chi connectivity index (χ3v) is 7.88. The standard InChI is InChI=1S/C27H27N3O5S2/c1-16(24(31)30-27-29-23(15-36-27)17-7-11-19(35-2)12-8-17)37-20-13-9-18(10-14-20)28-25(32)21-5-3-4-6-22(21)26(33)34/h3-4,7-16,21-22H,5-6H2,1-2H3,(H,28,32)(H,33,34)(H,29,30,31). The largest absolute Gasteiger partial charge is 0.497 e. The van der Waals surface area contributed by atoms with E-state index in [1.807, 2.05) is 54.8 Å². The predicted octanol–water partition coefficient (Wildman–Crippen LogP) is 5.54. The number of aromatic nitrogens is 1. The van der Waals surface area contributed by atoms with Crippen molar-refractivity contribution in [2.75, 3.05) is 17.7 Å². The molecule has 3 aromatic rings. The molecule has 3 unspecified atom stereocenters. The Hall–Kier alpha value is -3.63. The summed E-state index contributed by atoms with van der Waals surface area (Å²) in [5.74, 6) is -1.98. The molecular formula is C27H27N3O5S2. The van der Waals surface area contributed by atoms with Gasteiger partial charge in [-0.25, -0.2) is 4.98 Å². The number of allylic oxidation sites excluding steroid dienone is 2. The van der Waals surface area contributed by atoms with Crippen LogP contribution in [0.4, 0.5) is 10.8 Å². The van der Waals surface area contributed by atoms with Gasteiger partial charge in [-0.2, -0.15) is 0 Å². The first-order valence-electron chi connectivity index (χ1n) is 11.7. The fourth-order valence-electron chi connectivity index (χ4n) is 3.92. The van der Waals surface area contributed by atoms with Crippen LogP contribution < -0.4 is 15.4 Å². The number of thioether (sulfide) groups is 1. The summed E-state index contributed by atoms with van der Waals surface area (Å²) in [6, 6.07) is 14.7. The second kappa shape index (κ2) is 12.1. The van der Waals surface area contributed by atoms with Gasteiger partial charge in [0.15, 0.2) is 5.13 Å². The summed E-state index contributed by atoms with van der Waals surface area (Å²) < 4.78 is 5.18. The second-order valence-corrected chi connectivity index (χ2v) is 10.8. The molecule has 2 aromatic carbocycles. The Bertz CT molecular complexity index is 1290. The Balaban J connectivity index is 1.30. The SMILES string of the molecule is COc1ccc(-c2csc(NC(=O)C(C)Sc3ccc(NC(=O)C4CC=CCC4C(=O)O)cc3)n2)cc1. The smallest absolute Gasteiger partial charge is 0.307 e. The van der Waals surface area contributed by atoms with Gasteiger partial charge in [-0.1, -0.05) is 12.2 Å². The summed E-state index contributed by atoms with van der Waals surface area (Å²) >= 11 is 2.75. The molecule has 8 nitrogen and oxygen atoms in total. The number of thiazole rings is 1. The summed E-state index contributed by atoms with van der Waals surface area (Å²) in [6.45, 7) is 1.82. The number of hydrogen-bond donors (Lipinski definition) is 3. The molecule has 0 fully saturated rings. The number of nitrogens with one attached hydrogen (secondary N) is 2. The Kier molecular flexibility index (Phi) is 8.62. The van der Waals surface area contributed by atoms with Gasteiger partial charge in [0.05, 0.1) is 29.9 Å². The first kappa shape index (κ1) is 26.4. The molecule has 0 saturated carbocycles. The monoisotopic (exact) mass is 537 g/mol. The zero-order chi connectivity index (χ0) is 26.4. The van der Waals surface area contributed by atoms with Crippen molar-refractivity contribution >= 4 is 51.7 Å². The van der Waals surface area contributed by atoms with E-state index in [0.717, 1.165) is 21.9 Å². The van der Waals surface area contributed by atoms with Gasteiger partial charge in [-0.3, -0.25) is 14.4 Å². The van der Waals surface area contributed by atoms with Gasteiger partial charge in [0, 0.05) is 21.5 Å². The van der Waals surface area contributed by atoms with Crippen molar-refractivity contribution in [2.45, 2.75) is 29.9 Å². The van der Waals surface area contributed by atoms with Crippen molar-refractivity contribution in [1.82, 2.24) is 4.98 Å². The lowest BCUT2D eigenvalue weighted by Gasteiger charge is -2.24. The summed E-state index contributed by atoms with van der Waals surface area (Å²) in [4.78, 5) is 42.2. The highest BCUT2D eigenvalue weighted by molar-refractivity contribution is 8.00. The van der Waals surface area contributed by atoms with E-state index >= 15 is 0 Å². The molecule has 37 heavy (non-hydrogen) atoms. The number of ether oxygens (including phenoxy) is 1. The Morgan fingerprint density at radius 2 is 1.70 bits per heavy atom. The normalized spacial score (nSPS) is 17.6. The van der Waals surface area contributed by atoms with E-state index in [4.69, 9.17) is 4.74 Å². The molecule has 1 aromatic heterocycles. The molecule has 2 amide bonds. The number of anilines is 2. The van der Waals surface area contributed by atoms with Crippen LogP contribution in [0, 0.1) is 11.8 Å². The number of carboxylic acids is 1. The highest BCUT2D eigenvalue weighted by Crippen LogP contribution is 2.30. The maximum absolute atomic E-state index is 12.7. The fraction of sp³-hybridized carbons (Fsp3) is 0.259. The van der Waals surface area contributed by atoms with Gasteiger partial charge >= 0.3 is 5.97 Å². The number of carbonyl (C=O) groups is 3. The second-order valence-electron chi connectivity index (χ2n) is 8.52. The summed E-state index contributed by atoms with van der Waals surface area (Å²) in [5, 5.41) is 17.1. The number of hydrogen-bond acceptors (Lipinski definition) is 7. The van der Waals surface area contributed by atoms with Crippen molar-refractivity contribution in [1.29, 1.82) is 0 Å². The fourth-order valence-corrected chi connectivity index (χ4v) is 5.51. The molecule has 3 N–H and O–H groups in total. The summed E-state index contributed by atoms with van der Waals surface area (Å²) in [6.07, 6.45) is 4.42. The molecule has 0 aliphatic heterocycles. The van der Waals surface area contributed by atoms with Gasteiger partial charge in [0.25, 0.3) is 0 Å². The van der Waals surface area contributed by atoms with E-state index in [9.17, 15) is 19.5 Å². The molecular weight excluding hydrogens is 510 g/mol. The number of carbonyl (C=O) groups excluding carboxylic acids is 2. The first-order chi connectivity index (χ1) is 17.8. The predicted molar refractivity (Wildman–Crippen MR) is 146 cm³/mol. The summed E-state index contributed by atoms with van der Waals surface area (Å²) in [7, 11) is 1.62. The minimum Gasteiger partial charge on any atom is -0.497 e. The number of carboxylic acid groups (broad SMARTS) is 1. The Morgan fingerprint density at radius 3 is 2.35 bits per heavy atom. The van der Waals surface area contributed by atoms with E-state index in [1.54, 1.807) is 25.3 Å². The van der Waals surface area contributed by atoms with Crippen molar-refractivity contribution in [3.63, 3.8) is 0 Å². The number of amides is 2. The average molecular weight is 538 g/mol. The molecule has 10 heteroatoms. The quantitative estimate of drug-likeness (QED) is 0.242. The average Bonchev–Trinajstić information content (AvgIpc) is 3.38. The van der Waals surface area contributed by atoms with Crippen LogP contribution in [0.1, 0.15) is 19.8 Å². The number of methoxy groups -OCH3 is 1. The minimum atomic E-state index is -0.960. The maximum Gasteiger partial charge on any atom is 0.307 e. The lowest BCUT2D eigenvalue weighted by molar-refractivity contribution is -0.146. The van der Waals surface area contributed by atoms with Crippen molar-refractivity contribution < 1.29 is 24.2 Å². The molecule has 192 valence electrons. The van der Waals surface area contributed by atoms with Gasteiger partial charge in [-0.05, 0) is 68.3 Å². The van der Waals surface area contributed by atoms with Crippen LogP contribution in [0.15, 0.2) is 71.0 Å². The van der Waals surface area contributed by atoms with Gasteiger partial charge < -0.3 is 20.5 Å². The van der Waals surface area contributed by atoms with E-state index < -0.39 is 17.8 Å². The lowest BCUT2D eigenvalue weighted by Crippen LogP contribution is -2.34. The molecule has 0 spiro atoms. The van der Waals surface area contributed by atoms with Crippen LogP contribution in [0.25, 0.3) is 11.3 Å². The van der Waals surface area contributed by atoms with Crippen LogP contribution in [-0.4, -0.2) is 40.2 Å². The van der Waals surface area contributed by atoms with E-state index in [2.05, 4.69) is 15.6 Å². The van der Waals surface area contributed by atoms with Crippen molar-refractivity contribution in [2.24, 2.45) is 11.8 Å². The third kappa shape index (κ3) is 6.78. The molecule has 3 atom stereocenters. The van der Waals surface area contributed by atoms with Crippen LogP contribution in [-0.2, 0) is 14.4 Å². The van der Waals surface area contributed by atoms with E-state index in [0.29, 0.717) is 23.7 Å². The minimum absolute atomic E-state index is 0.164. The molecule has 0 saturated heterocycles. The number of nitrogens with zero attached hydrogens (tertiary/aromatic N) is 1. The zero-order valence-corrected chi connectivity index (χ0v) is 22.0. The van der Waals surface area contributed by atoms with Gasteiger partial charge in [0.2, 0.25) is 11.8 Å². The van der Waals surface area contributed by atoms with Crippen LogP contribution in [0.5, 0.6) is 5.75 Å². The number of benzene rings is 2. The van der Waals surface area contributed by atoms with Crippen LogP contribution in [0.3, 0.4) is 0 Å². The molecule has 0 bridgehead atoms. The molecule has 4 rings (SSSR count). The molecule has 1 aliphatic carbocycles. The van der Waals surface area contributed by atoms with E-state index in [1.165, 1.54) is 23.1 Å². The third-order valence-electron chi connectivity index (χ3n) is 6.01. The summed E-state index contributed by atoms with van der Waals surface area (Å²) in [5.41, 5.74) is 2.30. The Labute approximate surface area is 223 Å². The molecule has 1 heterocycles. The van der Waals surface area contributed by atoms with E-state index in [-0.39, 0.29) is 17.1 Å². The zero-order valence-electron chi connectivity index (χ0n) is 20.3. The first-order valence-corrected chi connectivity index (χ1v) is 13.5. The van der Waals surface area contributed by atoms with Crippen LogP contribution >= 0.6 is 23.1 Å². The van der Waals surface area contributed by atoms with Crippen LogP contribution in [0.2, 0.25) is 0 Å². The molecule has 0 radical (unpaired) electrons. The van der Waals surface area contributed by atoms with Crippen molar-refractivity contribution in [3.8, 4) is 17.0 Å². The highest BCUT2D eigenvalue weighted by Gasteiger charge is 2.33. The van der Waals surface area contributed by atoms with Gasteiger partial charge in [-0.15, -0.1) is 23.1 Å². The van der Waals surface area contributed by atoms with Gasteiger partial charge in [0.1, 0.15) is 5.75 Å². The topological polar surface area (TPSA) is 118 Å². The van der Waals surface area contributed by atoms with Crippen molar-refractivity contribution in [3.05, 3.63) is 66.1 Å². The highest BCUT2D eigenvalue weighted by atomic mass is 32.2. The Morgan fingerprint density at radius 1 is 1.03 bits per heavy atom. The maximum atomic E-state index is 12.7. The lowest BCUT2D eigenvalue weighted by atomic mass is 9.82. The number of aliphatic carboxylic acids is 1.